The highest BCUT2D eigenvalue weighted by atomic mass is 16.5. The maximum absolute atomic E-state index is 12.0. The molecule has 0 unspecified atom stereocenters. The summed E-state index contributed by atoms with van der Waals surface area (Å²) in [6.07, 6.45) is 2.90. The number of hydrogen-bond donors (Lipinski definition) is 1. The Morgan fingerprint density at radius 3 is 2.77 bits per heavy atom. The van der Waals surface area contributed by atoms with Gasteiger partial charge in [-0.25, -0.2) is 0 Å². The second-order valence-corrected chi connectivity index (χ2v) is 4.93. The summed E-state index contributed by atoms with van der Waals surface area (Å²) in [5, 5.41) is 6.72. The van der Waals surface area contributed by atoms with E-state index in [1.54, 1.807) is 12.3 Å². The molecule has 22 heavy (non-hydrogen) atoms. The summed E-state index contributed by atoms with van der Waals surface area (Å²) in [7, 11) is 0. The molecule has 0 spiro atoms. The lowest BCUT2D eigenvalue weighted by Crippen LogP contribution is -2.25. The Labute approximate surface area is 127 Å². The van der Waals surface area contributed by atoms with Crippen LogP contribution in [0.15, 0.2) is 63.7 Å². The van der Waals surface area contributed by atoms with E-state index < -0.39 is 0 Å². The minimum atomic E-state index is -0.265. The third-order valence-electron chi connectivity index (χ3n) is 3.25. The lowest BCUT2D eigenvalue weighted by atomic mass is 10.1. The van der Waals surface area contributed by atoms with Crippen LogP contribution in [0, 0.1) is 0 Å². The zero-order chi connectivity index (χ0) is 15.2. The number of nitrogens with zero attached hydrogens (tertiary/aromatic N) is 1. The van der Waals surface area contributed by atoms with E-state index in [-0.39, 0.29) is 11.7 Å². The summed E-state index contributed by atoms with van der Waals surface area (Å²) in [5.74, 6) is 0.798. The van der Waals surface area contributed by atoms with Crippen LogP contribution in [0.5, 0.6) is 0 Å². The van der Waals surface area contributed by atoms with Crippen molar-refractivity contribution in [1.82, 2.24) is 10.5 Å². The molecule has 0 saturated carbocycles. The molecule has 3 rings (SSSR count). The average molecular weight is 296 g/mol. The Balaban J connectivity index is 1.53. The van der Waals surface area contributed by atoms with Gasteiger partial charge >= 0.3 is 0 Å². The monoisotopic (exact) mass is 296 g/mol. The van der Waals surface area contributed by atoms with E-state index in [2.05, 4.69) is 10.5 Å². The highest BCUT2D eigenvalue weighted by Gasteiger charge is 2.13. The molecule has 0 radical (unpaired) electrons. The van der Waals surface area contributed by atoms with Gasteiger partial charge in [-0.3, -0.25) is 4.79 Å². The molecule has 5 heteroatoms. The zero-order valence-corrected chi connectivity index (χ0v) is 12.0. The molecule has 0 aliphatic carbocycles. The molecule has 1 N–H and O–H groups in total. The summed E-state index contributed by atoms with van der Waals surface area (Å²) >= 11 is 0. The quantitative estimate of drug-likeness (QED) is 0.759. The van der Waals surface area contributed by atoms with Crippen molar-refractivity contribution in [2.45, 2.75) is 12.8 Å². The van der Waals surface area contributed by atoms with Crippen LogP contribution in [0.1, 0.15) is 27.6 Å². The molecule has 0 aliphatic heterocycles. The normalized spacial score (nSPS) is 10.5. The van der Waals surface area contributed by atoms with Crippen molar-refractivity contribution in [3.8, 4) is 0 Å². The fourth-order valence-corrected chi connectivity index (χ4v) is 2.15. The molecular weight excluding hydrogens is 280 g/mol. The highest BCUT2D eigenvalue weighted by molar-refractivity contribution is 5.91. The highest BCUT2D eigenvalue weighted by Crippen LogP contribution is 2.10. The van der Waals surface area contributed by atoms with Gasteiger partial charge in [0.1, 0.15) is 5.76 Å². The molecule has 0 fully saturated rings. The average Bonchev–Trinajstić information content (AvgIpc) is 3.20. The fourth-order valence-electron chi connectivity index (χ4n) is 2.15. The van der Waals surface area contributed by atoms with E-state index in [9.17, 15) is 4.79 Å². The fraction of sp³-hybridized carbons (Fsp3) is 0.176. The summed E-state index contributed by atoms with van der Waals surface area (Å²) < 4.78 is 10.3. The van der Waals surface area contributed by atoms with E-state index in [0.717, 1.165) is 17.0 Å². The number of amides is 1. The van der Waals surface area contributed by atoms with E-state index >= 15 is 0 Å². The van der Waals surface area contributed by atoms with Crippen molar-refractivity contribution in [3.63, 3.8) is 0 Å². The van der Waals surface area contributed by atoms with Crippen molar-refractivity contribution >= 4 is 5.91 Å². The maximum atomic E-state index is 12.0. The van der Waals surface area contributed by atoms with Crippen LogP contribution in [0.4, 0.5) is 0 Å². The Bertz CT molecular complexity index is 717. The lowest BCUT2D eigenvalue weighted by molar-refractivity contribution is 0.0917. The van der Waals surface area contributed by atoms with Crippen molar-refractivity contribution in [2.24, 2.45) is 0 Å². The molecule has 0 bridgehead atoms. The van der Waals surface area contributed by atoms with Crippen LogP contribution in [-0.4, -0.2) is 17.6 Å². The Morgan fingerprint density at radius 2 is 2.00 bits per heavy atom. The van der Waals surface area contributed by atoms with Gasteiger partial charge in [-0.15, -0.1) is 0 Å². The number of nitrogens with one attached hydrogen (secondary N) is 1. The van der Waals surface area contributed by atoms with Crippen LogP contribution in [0.25, 0.3) is 0 Å². The third-order valence-corrected chi connectivity index (χ3v) is 3.25. The second kappa shape index (κ2) is 6.76. The molecule has 1 aromatic carbocycles. The summed E-state index contributed by atoms with van der Waals surface area (Å²) in [6.45, 7) is 0.487. The number of benzene rings is 1. The molecule has 5 nitrogen and oxygen atoms in total. The number of carbonyl (C=O) groups is 1. The van der Waals surface area contributed by atoms with Crippen LogP contribution in [-0.2, 0) is 12.8 Å². The molecule has 0 aliphatic rings. The maximum Gasteiger partial charge on any atom is 0.289 e. The van der Waals surface area contributed by atoms with E-state index in [1.807, 2.05) is 42.5 Å². The first kappa shape index (κ1) is 14.1. The number of carbonyl (C=O) groups excluding carboxylic acids is 1. The van der Waals surface area contributed by atoms with Crippen LogP contribution in [0.2, 0.25) is 0 Å². The first-order valence-electron chi connectivity index (χ1n) is 7.11. The molecule has 0 saturated heterocycles. The SMILES string of the molecule is O=C(NCCc1ccco1)c1cc(Cc2ccccc2)no1. The summed E-state index contributed by atoms with van der Waals surface area (Å²) in [6, 6.07) is 15.3. The number of furan rings is 1. The number of rotatable bonds is 6. The smallest absolute Gasteiger partial charge is 0.289 e. The van der Waals surface area contributed by atoms with Crippen LogP contribution < -0.4 is 5.32 Å². The molecule has 2 heterocycles. The predicted octanol–water partition coefficient (Wildman–Crippen LogP) is 2.83. The zero-order valence-electron chi connectivity index (χ0n) is 12.0. The third kappa shape index (κ3) is 3.63. The van der Waals surface area contributed by atoms with Gasteiger partial charge in [0.15, 0.2) is 0 Å². The van der Waals surface area contributed by atoms with Crippen molar-refractivity contribution in [2.75, 3.05) is 6.54 Å². The summed E-state index contributed by atoms with van der Waals surface area (Å²) in [4.78, 5) is 12.0. The first-order valence-corrected chi connectivity index (χ1v) is 7.11. The van der Waals surface area contributed by atoms with Crippen molar-refractivity contribution in [3.05, 3.63) is 77.6 Å². The number of aromatic nitrogens is 1. The predicted molar refractivity (Wildman–Crippen MR) is 80.5 cm³/mol. The van der Waals surface area contributed by atoms with Gasteiger partial charge in [0.25, 0.3) is 5.91 Å². The van der Waals surface area contributed by atoms with Crippen molar-refractivity contribution < 1.29 is 13.7 Å². The second-order valence-electron chi connectivity index (χ2n) is 4.93. The summed E-state index contributed by atoms with van der Waals surface area (Å²) in [5.41, 5.74) is 1.86. The van der Waals surface area contributed by atoms with E-state index in [1.165, 1.54) is 0 Å². The molecule has 2 aromatic heterocycles. The van der Waals surface area contributed by atoms with Gasteiger partial charge < -0.3 is 14.3 Å². The van der Waals surface area contributed by atoms with Gasteiger partial charge in [0.2, 0.25) is 5.76 Å². The first-order chi connectivity index (χ1) is 10.8. The van der Waals surface area contributed by atoms with Gasteiger partial charge in [0, 0.05) is 25.5 Å². The lowest BCUT2D eigenvalue weighted by Gasteiger charge is -2.00. The largest absolute Gasteiger partial charge is 0.469 e. The molecule has 1 amide bonds. The molecule has 112 valence electrons. The minimum absolute atomic E-state index is 0.227. The molecule has 3 aromatic rings. The Morgan fingerprint density at radius 1 is 1.14 bits per heavy atom. The Kier molecular flexibility index (Phi) is 4.34. The van der Waals surface area contributed by atoms with E-state index in [0.29, 0.717) is 19.4 Å². The standard InChI is InChI=1S/C17H16N2O3/c20-17(18-9-8-15-7-4-10-21-15)16-12-14(19-22-16)11-13-5-2-1-3-6-13/h1-7,10,12H,8-9,11H2,(H,18,20). The molecule has 0 atom stereocenters. The van der Waals surface area contributed by atoms with Gasteiger partial charge in [0.05, 0.1) is 12.0 Å². The topological polar surface area (TPSA) is 68.3 Å². The van der Waals surface area contributed by atoms with Crippen LogP contribution in [0.3, 0.4) is 0 Å². The molecular formula is C17H16N2O3. The van der Waals surface area contributed by atoms with E-state index in [4.69, 9.17) is 8.94 Å². The van der Waals surface area contributed by atoms with Gasteiger partial charge in [-0.2, -0.15) is 0 Å². The van der Waals surface area contributed by atoms with Crippen molar-refractivity contribution in [1.29, 1.82) is 0 Å². The minimum Gasteiger partial charge on any atom is -0.469 e. The Hall–Kier alpha value is -2.82. The number of hydrogen-bond acceptors (Lipinski definition) is 4. The van der Waals surface area contributed by atoms with Gasteiger partial charge in [-0.05, 0) is 17.7 Å². The van der Waals surface area contributed by atoms with Crippen LogP contribution >= 0.6 is 0 Å². The van der Waals surface area contributed by atoms with Gasteiger partial charge in [-0.1, -0.05) is 35.5 Å².